The maximum Gasteiger partial charge on any atom is 0.332 e. The molecule has 6 N–H and O–H groups in total. The van der Waals surface area contributed by atoms with Gasteiger partial charge in [-0.25, -0.2) is 9.59 Å². The Morgan fingerprint density at radius 1 is 1.28 bits per heavy atom. The number of carbonyl (C=O) groups is 3. The highest BCUT2D eigenvalue weighted by atomic mass is 16.4. The summed E-state index contributed by atoms with van der Waals surface area (Å²) in [5.41, 5.74) is 4.26. The highest BCUT2D eigenvalue weighted by Gasteiger charge is 2.25. The fourth-order valence-electron chi connectivity index (χ4n) is 0.897. The highest BCUT2D eigenvalue weighted by molar-refractivity contribution is 5.81. The minimum atomic E-state index is -1.51. The zero-order chi connectivity index (χ0) is 14.3. The van der Waals surface area contributed by atoms with Gasteiger partial charge in [0.05, 0.1) is 5.41 Å². The number of carbonyl (C=O) groups excluding carboxylic acids is 2. The maximum absolute atomic E-state index is 11.3. The van der Waals surface area contributed by atoms with Gasteiger partial charge in [0, 0.05) is 19.5 Å². The standard InChI is InChI=1S/C10H19N3O5/c1-10(2,8(11)17)5-13-9(18)12-4-3-6(14)7(15)16/h6,14H,3-5H2,1-2H3,(H2,11,17)(H,15,16)(H2,12,13,18). The van der Waals surface area contributed by atoms with Crippen molar-refractivity contribution in [2.45, 2.75) is 26.4 Å². The number of rotatable bonds is 7. The average Bonchev–Trinajstić information content (AvgIpc) is 2.26. The predicted octanol–water partition coefficient (Wildman–Crippen LogP) is -1.37. The number of carboxylic acids is 1. The molecule has 0 heterocycles. The van der Waals surface area contributed by atoms with Gasteiger partial charge in [-0.15, -0.1) is 0 Å². The summed E-state index contributed by atoms with van der Waals surface area (Å²) in [4.78, 5) is 32.5. The zero-order valence-corrected chi connectivity index (χ0v) is 10.4. The van der Waals surface area contributed by atoms with E-state index in [1.54, 1.807) is 13.8 Å². The molecule has 0 aliphatic heterocycles. The van der Waals surface area contributed by atoms with Gasteiger partial charge in [-0.2, -0.15) is 0 Å². The van der Waals surface area contributed by atoms with Crippen LogP contribution in [-0.4, -0.2) is 47.3 Å². The molecule has 0 radical (unpaired) electrons. The maximum atomic E-state index is 11.3. The third-order valence-electron chi connectivity index (χ3n) is 2.35. The Morgan fingerprint density at radius 3 is 2.28 bits per heavy atom. The van der Waals surface area contributed by atoms with Gasteiger partial charge >= 0.3 is 12.0 Å². The van der Waals surface area contributed by atoms with Crippen molar-refractivity contribution in [3.63, 3.8) is 0 Å². The molecule has 0 rings (SSSR count). The number of nitrogens with two attached hydrogens (primary N) is 1. The Balaban J connectivity index is 3.86. The van der Waals surface area contributed by atoms with Crippen molar-refractivity contribution >= 4 is 17.9 Å². The van der Waals surface area contributed by atoms with E-state index in [0.717, 1.165) is 0 Å². The van der Waals surface area contributed by atoms with Gasteiger partial charge < -0.3 is 26.6 Å². The van der Waals surface area contributed by atoms with Gasteiger partial charge in [-0.05, 0) is 13.8 Å². The van der Waals surface area contributed by atoms with Crippen LogP contribution in [0.3, 0.4) is 0 Å². The van der Waals surface area contributed by atoms with Crippen molar-refractivity contribution in [2.75, 3.05) is 13.1 Å². The molecule has 8 heteroatoms. The molecule has 1 atom stereocenters. The summed E-state index contributed by atoms with van der Waals surface area (Å²) in [6, 6.07) is -0.554. The van der Waals surface area contributed by atoms with Crippen LogP contribution in [0.15, 0.2) is 0 Å². The molecule has 104 valence electrons. The lowest BCUT2D eigenvalue weighted by Gasteiger charge is -2.20. The molecule has 0 aromatic rings. The molecule has 0 aliphatic carbocycles. The molecule has 0 saturated heterocycles. The second kappa shape index (κ2) is 6.80. The number of aliphatic carboxylic acids is 1. The summed E-state index contributed by atoms with van der Waals surface area (Å²) in [5, 5.41) is 22.1. The van der Waals surface area contributed by atoms with E-state index in [1.807, 2.05) is 0 Å². The molecule has 8 nitrogen and oxygen atoms in total. The van der Waals surface area contributed by atoms with Gasteiger partial charge in [-0.3, -0.25) is 4.79 Å². The summed E-state index contributed by atoms with van der Waals surface area (Å²) < 4.78 is 0. The van der Waals surface area contributed by atoms with Gasteiger partial charge in [0.15, 0.2) is 6.10 Å². The Morgan fingerprint density at radius 2 is 1.83 bits per heavy atom. The van der Waals surface area contributed by atoms with E-state index >= 15 is 0 Å². The van der Waals surface area contributed by atoms with E-state index in [9.17, 15) is 14.4 Å². The van der Waals surface area contributed by atoms with E-state index < -0.39 is 29.4 Å². The number of hydrogen-bond donors (Lipinski definition) is 5. The van der Waals surface area contributed by atoms with Crippen LogP contribution in [0.25, 0.3) is 0 Å². The van der Waals surface area contributed by atoms with E-state index in [2.05, 4.69) is 10.6 Å². The minimum Gasteiger partial charge on any atom is -0.479 e. The highest BCUT2D eigenvalue weighted by Crippen LogP contribution is 2.11. The first-order valence-corrected chi connectivity index (χ1v) is 5.39. The van der Waals surface area contributed by atoms with Crippen LogP contribution in [-0.2, 0) is 9.59 Å². The normalized spacial score (nSPS) is 12.6. The summed E-state index contributed by atoms with van der Waals surface area (Å²) in [6.07, 6.45) is -1.60. The number of nitrogens with one attached hydrogen (secondary N) is 2. The lowest BCUT2D eigenvalue weighted by Crippen LogP contribution is -2.46. The SMILES string of the molecule is CC(C)(CNC(=O)NCCC(O)C(=O)O)C(N)=O. The molecule has 18 heavy (non-hydrogen) atoms. The summed E-state index contributed by atoms with van der Waals surface area (Å²) in [6.45, 7) is 3.25. The number of primary amides is 1. The van der Waals surface area contributed by atoms with Gasteiger partial charge in [0.25, 0.3) is 0 Å². The fraction of sp³-hybridized carbons (Fsp3) is 0.700. The van der Waals surface area contributed by atoms with Crippen molar-refractivity contribution < 1.29 is 24.6 Å². The monoisotopic (exact) mass is 261 g/mol. The third kappa shape index (κ3) is 6.04. The summed E-state index contributed by atoms with van der Waals surface area (Å²) >= 11 is 0. The van der Waals surface area contributed by atoms with Crippen LogP contribution in [0.4, 0.5) is 4.79 Å². The molecule has 0 bridgehead atoms. The van der Waals surface area contributed by atoms with Crippen LogP contribution in [0, 0.1) is 5.41 Å². The Kier molecular flexibility index (Phi) is 6.11. The Hall–Kier alpha value is -1.83. The summed E-state index contributed by atoms with van der Waals surface area (Å²) in [5.74, 6) is -1.88. The molecule has 0 aliphatic rings. The van der Waals surface area contributed by atoms with Crippen molar-refractivity contribution in [2.24, 2.45) is 11.1 Å². The van der Waals surface area contributed by atoms with E-state index in [4.69, 9.17) is 15.9 Å². The third-order valence-corrected chi connectivity index (χ3v) is 2.35. The van der Waals surface area contributed by atoms with Crippen LogP contribution < -0.4 is 16.4 Å². The molecular weight excluding hydrogens is 242 g/mol. The number of carboxylic acid groups (broad SMARTS) is 1. The minimum absolute atomic E-state index is 0.0102. The van der Waals surface area contributed by atoms with Crippen molar-refractivity contribution in [1.29, 1.82) is 0 Å². The smallest absolute Gasteiger partial charge is 0.332 e. The Bertz CT molecular complexity index is 329. The first-order chi connectivity index (χ1) is 8.16. The first-order valence-electron chi connectivity index (χ1n) is 5.39. The molecule has 3 amide bonds. The number of amides is 3. The largest absolute Gasteiger partial charge is 0.479 e. The van der Waals surface area contributed by atoms with Gasteiger partial charge in [0.1, 0.15) is 0 Å². The molecule has 1 unspecified atom stereocenters. The first kappa shape index (κ1) is 16.2. The fourth-order valence-corrected chi connectivity index (χ4v) is 0.897. The summed E-state index contributed by atoms with van der Waals surface area (Å²) in [7, 11) is 0. The number of aliphatic hydroxyl groups is 1. The lowest BCUT2D eigenvalue weighted by atomic mass is 9.93. The van der Waals surface area contributed by atoms with Gasteiger partial charge in [0.2, 0.25) is 5.91 Å². The van der Waals surface area contributed by atoms with E-state index in [0.29, 0.717) is 0 Å². The molecule has 0 saturated carbocycles. The quantitative estimate of drug-likeness (QED) is 0.384. The zero-order valence-electron chi connectivity index (χ0n) is 10.4. The number of hydrogen-bond acceptors (Lipinski definition) is 4. The molecular formula is C10H19N3O5. The lowest BCUT2D eigenvalue weighted by molar-refractivity contribution is -0.146. The van der Waals surface area contributed by atoms with E-state index in [-0.39, 0.29) is 19.5 Å². The second-order valence-electron chi connectivity index (χ2n) is 4.50. The van der Waals surface area contributed by atoms with Gasteiger partial charge in [-0.1, -0.05) is 0 Å². The number of aliphatic hydroxyl groups excluding tert-OH is 1. The topological polar surface area (TPSA) is 142 Å². The van der Waals surface area contributed by atoms with Crippen molar-refractivity contribution in [1.82, 2.24) is 10.6 Å². The van der Waals surface area contributed by atoms with Crippen LogP contribution >= 0.6 is 0 Å². The number of urea groups is 1. The van der Waals surface area contributed by atoms with Crippen LogP contribution in [0.2, 0.25) is 0 Å². The van der Waals surface area contributed by atoms with Crippen molar-refractivity contribution in [3.05, 3.63) is 0 Å². The molecule has 0 spiro atoms. The second-order valence-corrected chi connectivity index (χ2v) is 4.50. The molecule has 0 aromatic heterocycles. The van der Waals surface area contributed by atoms with Crippen LogP contribution in [0.5, 0.6) is 0 Å². The van der Waals surface area contributed by atoms with Crippen molar-refractivity contribution in [3.8, 4) is 0 Å². The van der Waals surface area contributed by atoms with E-state index in [1.165, 1.54) is 0 Å². The molecule has 0 fully saturated rings. The van der Waals surface area contributed by atoms with Crippen LogP contribution in [0.1, 0.15) is 20.3 Å². The Labute approximate surface area is 105 Å². The molecule has 0 aromatic carbocycles. The predicted molar refractivity (Wildman–Crippen MR) is 62.6 cm³/mol. The average molecular weight is 261 g/mol.